The molecule has 2 aromatic rings. The fraction of sp³-hybridized carbons (Fsp3) is 0.576. The van der Waals surface area contributed by atoms with Crippen molar-refractivity contribution in [3.8, 4) is 28.7 Å². The number of ketones is 1. The lowest BCUT2D eigenvalue weighted by Gasteiger charge is -2.38. The number of rotatable bonds is 11. The number of aliphatic hydroxyl groups excluding tert-OH is 2. The number of Topliss-reactive ketones (excluding diaryl/α,β-unsaturated/α-hetero) is 1. The van der Waals surface area contributed by atoms with Crippen molar-refractivity contribution in [3.63, 3.8) is 0 Å². The van der Waals surface area contributed by atoms with Crippen molar-refractivity contribution in [3.05, 3.63) is 69.6 Å². The molecule has 0 aromatic heterocycles. The lowest BCUT2D eigenvalue weighted by molar-refractivity contribution is -0.160. The molecule has 424 valence electrons. The predicted molar refractivity (Wildman–Crippen MR) is 296 cm³/mol. The predicted octanol–water partition coefficient (Wildman–Crippen LogP) is 7.22. The Kier molecular flexibility index (Phi) is 18.2. The number of benzene rings is 3. The maximum Gasteiger partial charge on any atom is 0.312 e. The van der Waals surface area contributed by atoms with Gasteiger partial charge in [0.05, 0.1) is 55.3 Å². The van der Waals surface area contributed by atoms with E-state index in [1.165, 1.54) is 46.3 Å². The standard InChI is InChI=1S/C59H79N5O14/c1-32(2)31-63-19-21-64(22-20-63)40-29-42(74-25-13-12-18-62-23-27-73-28-24-62)47-43(30-40)77-56-48(60-47)44-45-52(68)38(8)55-46(44)57(70)59(10,78-55)75-26-17-41(72-11)35(5)54(76-39(9)65)37(7)51(67)36(6)50(66)33(3)15-14-16-34(4)58(71)61-49(56)53(45)69/h14-17,26,29-30,32-33,35-37,41,50-51,54,66-68H,12-13,18-25,27-28,31H2,1-11H3,(H,61,71)/b15-14+,26-17+,34-16-/t33-,35+,36+,37+,41-,50-,51+,54+,59-/m0/s1. The Morgan fingerprint density at radius 1 is 0.923 bits per heavy atom. The third-order valence-electron chi connectivity index (χ3n) is 16.0. The van der Waals surface area contributed by atoms with Gasteiger partial charge in [-0.1, -0.05) is 59.8 Å². The van der Waals surface area contributed by atoms with Crippen molar-refractivity contribution >= 4 is 50.9 Å². The molecule has 0 unspecified atom stereocenters. The molecule has 78 heavy (non-hydrogen) atoms. The van der Waals surface area contributed by atoms with Crippen LogP contribution in [0.5, 0.6) is 17.2 Å². The molecule has 2 fully saturated rings. The summed E-state index contributed by atoms with van der Waals surface area (Å²) >= 11 is 0. The number of nitrogens with one attached hydrogen (secondary N) is 1. The number of nitrogens with zero attached hydrogens (tertiary/aromatic N) is 4. The number of aromatic nitrogens is 1. The Morgan fingerprint density at radius 2 is 1.64 bits per heavy atom. The molecule has 5 aliphatic heterocycles. The second kappa shape index (κ2) is 24.5. The topological polar surface area (TPSA) is 232 Å². The molecule has 5 heterocycles. The van der Waals surface area contributed by atoms with Crippen molar-refractivity contribution in [1.82, 2.24) is 14.8 Å². The Balaban J connectivity index is 1.30. The van der Waals surface area contributed by atoms with Crippen molar-refractivity contribution in [1.29, 1.82) is 0 Å². The van der Waals surface area contributed by atoms with Crippen LogP contribution in [-0.2, 0) is 28.5 Å². The zero-order valence-electron chi connectivity index (χ0n) is 47.1. The highest BCUT2D eigenvalue weighted by Gasteiger charge is 2.50. The molecule has 2 aromatic carbocycles. The van der Waals surface area contributed by atoms with Gasteiger partial charge in [-0.2, -0.15) is 0 Å². The maximum atomic E-state index is 15.2. The first kappa shape index (κ1) is 58.1. The molecule has 19 nitrogen and oxygen atoms in total. The molecular weight excluding hydrogens is 1000 g/mol. The van der Waals surface area contributed by atoms with E-state index < -0.39 is 82.7 Å². The number of piperazine rings is 1. The third kappa shape index (κ3) is 12.1. The SMILES string of the molecule is CO[C@H]1/C=C/O[C@@]2(C)Oc3c(C)c(O)c4c(=O)c(c5oc6cc(N7CCN(CC(C)C)CC7)cc(OCCCCN7CCOCC7)c6nc-5c4c3C2=O)NC(=O)/C(C)=C\C=C\[C@H](C)[C@H](O)[C@@H](C)[C@@H](O)[C@@H](C)[C@H](OC(C)=O)[C@@H]1C. The van der Waals surface area contributed by atoms with E-state index >= 15 is 9.59 Å². The summed E-state index contributed by atoms with van der Waals surface area (Å²) in [7, 11) is 1.46. The van der Waals surface area contributed by atoms with Crippen LogP contribution in [0.3, 0.4) is 0 Å². The van der Waals surface area contributed by atoms with E-state index in [-0.39, 0.29) is 61.5 Å². The van der Waals surface area contributed by atoms with Gasteiger partial charge in [-0.05, 0) is 45.2 Å². The molecule has 4 bridgehead atoms. The second-order valence-corrected chi connectivity index (χ2v) is 22.2. The number of fused-ring (bicyclic) bond motifs is 2. The lowest BCUT2D eigenvalue weighted by Crippen LogP contribution is -2.47. The highest BCUT2D eigenvalue weighted by atomic mass is 16.7. The van der Waals surface area contributed by atoms with Crippen LogP contribution >= 0.6 is 0 Å². The molecule has 2 saturated heterocycles. The fourth-order valence-electron chi connectivity index (χ4n) is 11.3. The van der Waals surface area contributed by atoms with E-state index in [1.54, 1.807) is 46.8 Å². The summed E-state index contributed by atoms with van der Waals surface area (Å²) < 4.78 is 43.3. The number of carbonyl (C=O) groups excluding carboxylic acids is 3. The minimum atomic E-state index is -2.07. The van der Waals surface area contributed by atoms with Crippen LogP contribution in [0.15, 0.2) is 57.5 Å². The van der Waals surface area contributed by atoms with Crippen LogP contribution in [0, 0.1) is 36.5 Å². The monoisotopic (exact) mass is 1080 g/mol. The number of amides is 1. The quantitative estimate of drug-likeness (QED) is 0.0503. The number of ether oxygens (including phenoxy) is 6. The summed E-state index contributed by atoms with van der Waals surface area (Å²) in [5.41, 5.74) is 0.275. The largest absolute Gasteiger partial charge is 0.507 e. The number of phenols is 1. The van der Waals surface area contributed by atoms with Gasteiger partial charge in [0, 0.05) is 125 Å². The van der Waals surface area contributed by atoms with Crippen LogP contribution in [0.1, 0.15) is 91.1 Å². The summed E-state index contributed by atoms with van der Waals surface area (Å²) in [6.07, 6.45) is 5.27. The summed E-state index contributed by atoms with van der Waals surface area (Å²) in [5, 5.41) is 37.8. The maximum absolute atomic E-state index is 15.2. The zero-order chi connectivity index (χ0) is 56.3. The molecule has 4 N–H and O–H groups in total. The van der Waals surface area contributed by atoms with Gasteiger partial charge in [0.1, 0.15) is 34.5 Å². The summed E-state index contributed by atoms with van der Waals surface area (Å²) in [4.78, 5) is 69.5. The molecular formula is C59H79N5O14. The third-order valence-corrected chi connectivity index (χ3v) is 16.0. The van der Waals surface area contributed by atoms with E-state index in [0.29, 0.717) is 31.5 Å². The van der Waals surface area contributed by atoms with Crippen LogP contribution in [0.2, 0.25) is 0 Å². The van der Waals surface area contributed by atoms with Gasteiger partial charge < -0.3 is 58.4 Å². The molecule has 1 aliphatic carbocycles. The molecule has 1 amide bonds. The smallest absolute Gasteiger partial charge is 0.312 e. The van der Waals surface area contributed by atoms with Gasteiger partial charge in [-0.15, -0.1) is 0 Å². The van der Waals surface area contributed by atoms with E-state index in [2.05, 4.69) is 33.9 Å². The fourth-order valence-corrected chi connectivity index (χ4v) is 11.3. The Bertz CT molecular complexity index is 2970. The molecule has 8 rings (SSSR count). The molecule has 0 spiro atoms. The highest BCUT2D eigenvalue weighted by molar-refractivity contribution is 6.22. The van der Waals surface area contributed by atoms with E-state index in [0.717, 1.165) is 70.9 Å². The number of anilines is 2. The van der Waals surface area contributed by atoms with E-state index in [9.17, 15) is 24.9 Å². The van der Waals surface area contributed by atoms with Gasteiger partial charge in [0.25, 0.3) is 11.7 Å². The number of unbranched alkanes of at least 4 members (excludes halogenated alkanes) is 1. The van der Waals surface area contributed by atoms with E-state index in [1.807, 2.05) is 12.1 Å². The Morgan fingerprint density at radius 3 is 2.32 bits per heavy atom. The van der Waals surface area contributed by atoms with Crippen LogP contribution in [0.25, 0.3) is 33.3 Å². The van der Waals surface area contributed by atoms with Crippen molar-refractivity contribution in [2.24, 2.45) is 29.6 Å². The number of carbonyl (C=O) groups is 3. The molecule has 9 atom stereocenters. The van der Waals surface area contributed by atoms with Gasteiger partial charge in [0.2, 0.25) is 5.43 Å². The van der Waals surface area contributed by atoms with Crippen LogP contribution < -0.4 is 25.1 Å². The summed E-state index contributed by atoms with van der Waals surface area (Å²) in [6, 6.07) is 3.79. The van der Waals surface area contributed by atoms with Crippen LogP contribution in [-0.4, -0.2) is 157 Å². The van der Waals surface area contributed by atoms with E-state index in [4.69, 9.17) is 37.8 Å². The molecule has 6 aliphatic rings. The number of methoxy groups -OCH3 is 1. The van der Waals surface area contributed by atoms with Gasteiger partial charge in [-0.25, -0.2) is 4.98 Å². The lowest BCUT2D eigenvalue weighted by atomic mass is 9.78. The first-order valence-corrected chi connectivity index (χ1v) is 27.5. The summed E-state index contributed by atoms with van der Waals surface area (Å²) in [6.45, 7) is 25.7. The first-order valence-electron chi connectivity index (χ1n) is 27.5. The number of hydrogen-bond acceptors (Lipinski definition) is 18. The van der Waals surface area contributed by atoms with Gasteiger partial charge in [0.15, 0.2) is 17.1 Å². The number of aromatic hydroxyl groups is 1. The summed E-state index contributed by atoms with van der Waals surface area (Å²) in [5.74, 6) is -6.41. The number of morpholine rings is 1. The average Bonchev–Trinajstić information content (AvgIpc) is 3.91. The Hall–Kier alpha value is -6.09. The number of hydrogen-bond donors (Lipinski definition) is 4. The number of allylic oxidation sites excluding steroid dienone is 2. The molecule has 19 heteroatoms. The number of aliphatic hydroxyl groups is 2. The van der Waals surface area contributed by atoms with Crippen molar-refractivity contribution in [2.75, 3.05) is 89.5 Å². The molecule has 0 saturated carbocycles. The molecule has 0 radical (unpaired) electrons. The number of esters is 1. The Labute approximate surface area is 456 Å². The zero-order valence-corrected chi connectivity index (χ0v) is 47.1. The normalized spacial score (nSPS) is 28.6. The minimum Gasteiger partial charge on any atom is -0.507 e. The van der Waals surface area contributed by atoms with Gasteiger partial charge >= 0.3 is 11.8 Å². The van der Waals surface area contributed by atoms with Crippen LogP contribution in [0.4, 0.5) is 11.4 Å². The minimum absolute atomic E-state index is 0.0306. The first-order chi connectivity index (χ1) is 37.1. The second-order valence-electron chi connectivity index (χ2n) is 22.2. The number of phenolic OH excluding ortho intramolecular Hbond substituents is 1. The van der Waals surface area contributed by atoms with Crippen molar-refractivity contribution < 1.29 is 62.5 Å². The average molecular weight is 1080 g/mol. The van der Waals surface area contributed by atoms with Crippen molar-refractivity contribution in [2.45, 2.75) is 112 Å². The highest BCUT2D eigenvalue weighted by Crippen LogP contribution is 2.51. The van der Waals surface area contributed by atoms with Gasteiger partial charge in [-0.3, -0.25) is 29.0 Å².